The molecule has 3 nitrogen and oxygen atoms in total. The van der Waals surface area contributed by atoms with Gasteiger partial charge in [0.05, 0.1) is 5.69 Å². The monoisotopic (exact) mass is 168 g/mol. The molecular weight excluding hydrogens is 152 g/mol. The van der Waals surface area contributed by atoms with E-state index in [1.165, 1.54) is 0 Å². The van der Waals surface area contributed by atoms with Crippen LogP contribution in [-0.2, 0) is 13.0 Å². The normalized spacial score (nSPS) is 12.0. The van der Waals surface area contributed by atoms with Crippen molar-refractivity contribution in [3.05, 3.63) is 17.8 Å². The molecule has 0 aliphatic carbocycles. The summed E-state index contributed by atoms with van der Waals surface area (Å²) in [4.78, 5) is 4.22. The summed E-state index contributed by atoms with van der Waals surface area (Å²) in [7, 11) is 0. The van der Waals surface area contributed by atoms with Gasteiger partial charge in [-0.2, -0.15) is 0 Å². The van der Waals surface area contributed by atoms with Crippen LogP contribution >= 0.6 is 0 Å². The average Bonchev–Trinajstić information content (AvgIpc) is 2.32. The van der Waals surface area contributed by atoms with Gasteiger partial charge < -0.3 is 10.2 Å². The van der Waals surface area contributed by atoms with E-state index < -0.39 is 0 Å². The maximum Gasteiger partial charge on any atom is 0.194 e. The highest BCUT2D eigenvalue weighted by atomic mass is 16.3. The van der Waals surface area contributed by atoms with Gasteiger partial charge >= 0.3 is 0 Å². The van der Waals surface area contributed by atoms with Crippen molar-refractivity contribution < 1.29 is 4.42 Å². The van der Waals surface area contributed by atoms with Crippen molar-refractivity contribution in [3.8, 4) is 0 Å². The molecule has 0 spiro atoms. The molecule has 12 heavy (non-hydrogen) atoms. The van der Waals surface area contributed by atoms with Gasteiger partial charge in [-0.25, -0.2) is 4.98 Å². The highest BCUT2D eigenvalue weighted by molar-refractivity contribution is 4.96. The van der Waals surface area contributed by atoms with E-state index in [0.29, 0.717) is 6.54 Å². The molecule has 68 valence electrons. The Morgan fingerprint density at radius 3 is 2.58 bits per heavy atom. The third-order valence-corrected chi connectivity index (χ3v) is 1.49. The molecular formula is C9H16N2O. The van der Waals surface area contributed by atoms with Crippen molar-refractivity contribution in [2.24, 2.45) is 11.1 Å². The Hall–Kier alpha value is -0.830. The molecule has 0 saturated carbocycles. The number of nitrogens with zero attached hydrogens (tertiary/aromatic N) is 1. The van der Waals surface area contributed by atoms with E-state index in [1.807, 2.05) is 0 Å². The number of nitrogens with two attached hydrogens (primary N) is 1. The Labute approximate surface area is 73.0 Å². The summed E-state index contributed by atoms with van der Waals surface area (Å²) in [6.45, 7) is 6.91. The highest BCUT2D eigenvalue weighted by Crippen LogP contribution is 2.19. The minimum absolute atomic E-state index is 0.219. The average molecular weight is 168 g/mol. The molecule has 3 heteroatoms. The number of rotatable bonds is 2. The van der Waals surface area contributed by atoms with Crippen LogP contribution in [0.15, 0.2) is 10.7 Å². The molecule has 1 aromatic heterocycles. The minimum Gasteiger partial charge on any atom is -0.449 e. The molecule has 1 aromatic rings. The molecule has 0 bridgehead atoms. The minimum atomic E-state index is 0.219. The largest absolute Gasteiger partial charge is 0.449 e. The first-order valence-corrected chi connectivity index (χ1v) is 4.14. The van der Waals surface area contributed by atoms with Gasteiger partial charge in [0.1, 0.15) is 6.26 Å². The smallest absolute Gasteiger partial charge is 0.194 e. The van der Waals surface area contributed by atoms with Crippen LogP contribution in [0.3, 0.4) is 0 Å². The van der Waals surface area contributed by atoms with Crippen LogP contribution in [0.4, 0.5) is 0 Å². The zero-order chi connectivity index (χ0) is 9.19. The van der Waals surface area contributed by atoms with Gasteiger partial charge in [-0.3, -0.25) is 0 Å². The topological polar surface area (TPSA) is 52.0 Å². The van der Waals surface area contributed by atoms with Gasteiger partial charge in [0.2, 0.25) is 0 Å². The predicted octanol–water partition coefficient (Wildman–Crippen LogP) is 1.72. The zero-order valence-electron chi connectivity index (χ0n) is 7.92. The molecule has 0 unspecified atom stereocenters. The first kappa shape index (κ1) is 9.26. The van der Waals surface area contributed by atoms with Gasteiger partial charge in [-0.15, -0.1) is 0 Å². The molecule has 0 aliphatic rings. The maximum absolute atomic E-state index is 5.40. The summed E-state index contributed by atoms with van der Waals surface area (Å²) >= 11 is 0. The second-order valence-electron chi connectivity index (χ2n) is 4.17. The quantitative estimate of drug-likeness (QED) is 0.731. The molecule has 0 fully saturated rings. The lowest BCUT2D eigenvalue weighted by molar-refractivity contribution is 0.354. The predicted molar refractivity (Wildman–Crippen MR) is 47.6 cm³/mol. The Kier molecular flexibility index (Phi) is 2.52. The van der Waals surface area contributed by atoms with E-state index in [4.69, 9.17) is 10.2 Å². The molecule has 0 atom stereocenters. The zero-order valence-corrected chi connectivity index (χ0v) is 7.92. The van der Waals surface area contributed by atoms with Crippen molar-refractivity contribution in [1.82, 2.24) is 4.98 Å². The van der Waals surface area contributed by atoms with E-state index in [1.54, 1.807) is 6.26 Å². The van der Waals surface area contributed by atoms with Gasteiger partial charge in [0.15, 0.2) is 5.89 Å². The lowest BCUT2D eigenvalue weighted by atomic mass is 9.92. The standard InChI is InChI=1S/C9H16N2O/c1-9(2,3)4-8-11-7(5-10)6-12-8/h6H,4-5,10H2,1-3H3. The van der Waals surface area contributed by atoms with E-state index in [0.717, 1.165) is 18.0 Å². The second-order valence-corrected chi connectivity index (χ2v) is 4.17. The fraction of sp³-hybridized carbons (Fsp3) is 0.667. The van der Waals surface area contributed by atoms with Crippen LogP contribution in [0.5, 0.6) is 0 Å². The van der Waals surface area contributed by atoms with Gasteiger partial charge in [0, 0.05) is 13.0 Å². The highest BCUT2D eigenvalue weighted by Gasteiger charge is 2.14. The molecule has 0 saturated heterocycles. The number of hydrogen-bond donors (Lipinski definition) is 1. The number of hydrogen-bond acceptors (Lipinski definition) is 3. The molecule has 0 radical (unpaired) electrons. The first-order valence-electron chi connectivity index (χ1n) is 4.14. The summed E-state index contributed by atoms with van der Waals surface area (Å²) in [6.07, 6.45) is 2.48. The van der Waals surface area contributed by atoms with Crippen LogP contribution < -0.4 is 5.73 Å². The van der Waals surface area contributed by atoms with Crippen molar-refractivity contribution >= 4 is 0 Å². The van der Waals surface area contributed by atoms with E-state index in [9.17, 15) is 0 Å². The lowest BCUT2D eigenvalue weighted by Crippen LogP contribution is -2.09. The lowest BCUT2D eigenvalue weighted by Gasteiger charge is -2.14. The number of oxazole rings is 1. The Morgan fingerprint density at radius 2 is 2.17 bits per heavy atom. The van der Waals surface area contributed by atoms with Crippen LogP contribution in [0.25, 0.3) is 0 Å². The fourth-order valence-electron chi connectivity index (χ4n) is 0.978. The van der Waals surface area contributed by atoms with E-state index in [2.05, 4.69) is 25.8 Å². The summed E-state index contributed by atoms with van der Waals surface area (Å²) in [5.74, 6) is 0.781. The Balaban J connectivity index is 2.64. The van der Waals surface area contributed by atoms with E-state index in [-0.39, 0.29) is 5.41 Å². The van der Waals surface area contributed by atoms with Gasteiger partial charge in [-0.1, -0.05) is 20.8 Å². The van der Waals surface area contributed by atoms with Gasteiger partial charge in [-0.05, 0) is 5.41 Å². The van der Waals surface area contributed by atoms with Crippen molar-refractivity contribution in [3.63, 3.8) is 0 Å². The van der Waals surface area contributed by atoms with E-state index >= 15 is 0 Å². The van der Waals surface area contributed by atoms with Crippen LogP contribution in [-0.4, -0.2) is 4.98 Å². The van der Waals surface area contributed by atoms with Crippen molar-refractivity contribution in [2.75, 3.05) is 0 Å². The summed E-state index contributed by atoms with van der Waals surface area (Å²) in [6, 6.07) is 0. The molecule has 0 amide bonds. The van der Waals surface area contributed by atoms with Gasteiger partial charge in [0.25, 0.3) is 0 Å². The molecule has 1 rings (SSSR count). The molecule has 2 N–H and O–H groups in total. The third-order valence-electron chi connectivity index (χ3n) is 1.49. The number of aromatic nitrogens is 1. The fourth-order valence-corrected chi connectivity index (χ4v) is 0.978. The summed E-state index contributed by atoms with van der Waals surface area (Å²) in [5.41, 5.74) is 6.45. The van der Waals surface area contributed by atoms with Crippen molar-refractivity contribution in [1.29, 1.82) is 0 Å². The molecule has 1 heterocycles. The molecule has 0 aliphatic heterocycles. The Morgan fingerprint density at radius 1 is 1.50 bits per heavy atom. The van der Waals surface area contributed by atoms with Crippen LogP contribution in [0.1, 0.15) is 32.4 Å². The SMILES string of the molecule is CC(C)(C)Cc1nc(CN)co1. The van der Waals surface area contributed by atoms with Crippen molar-refractivity contribution in [2.45, 2.75) is 33.7 Å². The second kappa shape index (κ2) is 3.27. The summed E-state index contributed by atoms with van der Waals surface area (Å²) in [5, 5.41) is 0. The molecule has 0 aromatic carbocycles. The van der Waals surface area contributed by atoms with Crippen LogP contribution in [0, 0.1) is 5.41 Å². The van der Waals surface area contributed by atoms with Crippen LogP contribution in [0.2, 0.25) is 0 Å². The Bertz CT molecular complexity index is 247. The summed E-state index contributed by atoms with van der Waals surface area (Å²) < 4.78 is 5.24. The first-order chi connectivity index (χ1) is 5.51. The third kappa shape index (κ3) is 2.66. The maximum atomic E-state index is 5.40.